The Bertz CT molecular complexity index is 856. The van der Waals surface area contributed by atoms with Gasteiger partial charge in [0.15, 0.2) is 5.76 Å². The molecule has 148 valence electrons. The van der Waals surface area contributed by atoms with E-state index in [1.54, 1.807) is 25.1 Å². The van der Waals surface area contributed by atoms with Gasteiger partial charge in [0, 0.05) is 18.8 Å². The van der Waals surface area contributed by atoms with Gasteiger partial charge in [0.05, 0.1) is 18.5 Å². The molecule has 0 radical (unpaired) electrons. The zero-order valence-electron chi connectivity index (χ0n) is 16.0. The molecule has 0 saturated heterocycles. The standard InChI is InChI=1S/C21H25FN4O2/c1-14-8-9-17(16(22)12-14)25-13-19(28-2)21(27)20(24)18(10-11-23)26-15-6-4-3-5-7-15/h3-6,8-10,12-13,15,24-26H,7,11,23H2,1-2H3/b18-10-,19-13+,24-20?. The number of hydrogen-bond acceptors (Lipinski definition) is 6. The number of halogens is 1. The van der Waals surface area contributed by atoms with Crippen LogP contribution < -0.4 is 16.4 Å². The summed E-state index contributed by atoms with van der Waals surface area (Å²) >= 11 is 0. The highest BCUT2D eigenvalue weighted by Crippen LogP contribution is 2.16. The quantitative estimate of drug-likeness (QED) is 0.298. The number of carbonyl (C=O) groups excluding carboxylic acids is 1. The average molecular weight is 384 g/mol. The van der Waals surface area contributed by atoms with Crippen molar-refractivity contribution in [3.8, 4) is 0 Å². The molecular formula is C21H25FN4O2. The molecule has 28 heavy (non-hydrogen) atoms. The highest BCUT2D eigenvalue weighted by atomic mass is 19.1. The molecule has 7 heteroatoms. The maximum absolute atomic E-state index is 13.9. The van der Waals surface area contributed by atoms with E-state index in [1.807, 2.05) is 24.3 Å². The molecule has 0 amide bonds. The van der Waals surface area contributed by atoms with E-state index < -0.39 is 11.6 Å². The minimum absolute atomic E-state index is 0.0364. The lowest BCUT2D eigenvalue weighted by molar-refractivity contribution is -0.112. The molecule has 0 fully saturated rings. The number of aryl methyl sites for hydroxylation is 1. The SMILES string of the molecule is CO/C(=C/Nc1ccc(C)cc1F)C(=O)C(=N)/C(=C/CN)NC1C=CC=CC1. The van der Waals surface area contributed by atoms with Crippen LogP contribution in [0.25, 0.3) is 0 Å². The van der Waals surface area contributed by atoms with Crippen LogP contribution >= 0.6 is 0 Å². The van der Waals surface area contributed by atoms with Crippen LogP contribution in [-0.4, -0.2) is 31.2 Å². The molecule has 0 heterocycles. The van der Waals surface area contributed by atoms with Gasteiger partial charge in [-0.05, 0) is 37.1 Å². The fourth-order valence-electron chi connectivity index (χ4n) is 2.58. The van der Waals surface area contributed by atoms with Gasteiger partial charge in [-0.2, -0.15) is 0 Å². The molecule has 1 atom stereocenters. The predicted octanol–water partition coefficient (Wildman–Crippen LogP) is 2.94. The van der Waals surface area contributed by atoms with Crippen molar-refractivity contribution in [2.45, 2.75) is 19.4 Å². The third-order valence-electron chi connectivity index (χ3n) is 4.07. The fraction of sp³-hybridized carbons (Fsp3) is 0.238. The van der Waals surface area contributed by atoms with Gasteiger partial charge >= 0.3 is 0 Å². The lowest BCUT2D eigenvalue weighted by atomic mass is 10.1. The van der Waals surface area contributed by atoms with Crippen LogP contribution in [0.4, 0.5) is 10.1 Å². The van der Waals surface area contributed by atoms with Gasteiger partial charge in [-0.1, -0.05) is 30.4 Å². The van der Waals surface area contributed by atoms with Gasteiger partial charge in [-0.15, -0.1) is 0 Å². The average Bonchev–Trinajstić information content (AvgIpc) is 2.69. The summed E-state index contributed by atoms with van der Waals surface area (Å²) in [5, 5.41) is 14.1. The molecule has 5 N–H and O–H groups in total. The van der Waals surface area contributed by atoms with E-state index in [9.17, 15) is 9.18 Å². The molecule has 0 aromatic heterocycles. The van der Waals surface area contributed by atoms with Gasteiger partial charge in [0.25, 0.3) is 0 Å². The number of hydrogen-bond donors (Lipinski definition) is 4. The molecule has 0 bridgehead atoms. The first-order valence-electron chi connectivity index (χ1n) is 8.86. The molecule has 1 aliphatic rings. The van der Waals surface area contributed by atoms with Crippen LogP contribution in [0.2, 0.25) is 0 Å². The van der Waals surface area contributed by atoms with Crippen LogP contribution in [0.5, 0.6) is 0 Å². The topological polar surface area (TPSA) is 100 Å². The van der Waals surface area contributed by atoms with Crippen molar-refractivity contribution in [1.82, 2.24) is 5.32 Å². The fourth-order valence-corrected chi connectivity index (χ4v) is 2.58. The molecule has 1 aromatic rings. The first-order chi connectivity index (χ1) is 13.5. The Hall–Kier alpha value is -3.19. The van der Waals surface area contributed by atoms with Crippen LogP contribution in [0.3, 0.4) is 0 Å². The Morgan fingerprint density at radius 3 is 2.82 bits per heavy atom. The second-order valence-corrected chi connectivity index (χ2v) is 6.20. The third kappa shape index (κ3) is 5.65. The van der Waals surface area contributed by atoms with Crippen molar-refractivity contribution in [3.05, 3.63) is 77.6 Å². The summed E-state index contributed by atoms with van der Waals surface area (Å²) in [5.74, 6) is -1.21. The molecule has 1 aliphatic carbocycles. The summed E-state index contributed by atoms with van der Waals surface area (Å²) in [6, 6.07) is 4.65. The number of carbonyl (C=O) groups is 1. The monoisotopic (exact) mass is 384 g/mol. The Morgan fingerprint density at radius 1 is 1.43 bits per heavy atom. The summed E-state index contributed by atoms with van der Waals surface area (Å²) in [7, 11) is 1.32. The number of allylic oxidation sites excluding steroid dienone is 4. The van der Waals surface area contributed by atoms with E-state index in [4.69, 9.17) is 15.9 Å². The molecule has 1 unspecified atom stereocenters. The number of benzene rings is 1. The normalized spacial score (nSPS) is 16.6. The smallest absolute Gasteiger partial charge is 0.248 e. The van der Waals surface area contributed by atoms with Crippen molar-refractivity contribution >= 4 is 17.2 Å². The number of anilines is 1. The summed E-state index contributed by atoms with van der Waals surface area (Å²) in [4.78, 5) is 12.7. The Balaban J connectivity index is 2.14. The Labute approximate surface area is 164 Å². The first kappa shape index (κ1) is 21.1. The predicted molar refractivity (Wildman–Crippen MR) is 110 cm³/mol. The minimum atomic E-state index is -0.648. The van der Waals surface area contributed by atoms with E-state index in [2.05, 4.69) is 10.6 Å². The molecule has 6 nitrogen and oxygen atoms in total. The summed E-state index contributed by atoms with van der Waals surface area (Å²) in [5.41, 5.74) is 6.61. The van der Waals surface area contributed by atoms with E-state index in [0.717, 1.165) is 12.0 Å². The number of ether oxygens (including phenoxy) is 1. The second kappa shape index (κ2) is 10.2. The number of nitrogens with one attached hydrogen (secondary N) is 3. The van der Waals surface area contributed by atoms with Crippen molar-refractivity contribution < 1.29 is 13.9 Å². The maximum atomic E-state index is 13.9. The summed E-state index contributed by atoms with van der Waals surface area (Å²) < 4.78 is 19.1. The van der Waals surface area contributed by atoms with Gasteiger partial charge in [-0.25, -0.2) is 4.39 Å². The highest BCUT2D eigenvalue weighted by molar-refractivity contribution is 6.49. The molecule has 0 aliphatic heterocycles. The minimum Gasteiger partial charge on any atom is -0.491 e. The van der Waals surface area contributed by atoms with E-state index in [-0.39, 0.29) is 29.7 Å². The number of Topliss-reactive ketones (excluding diaryl/α,β-unsaturated/α-hetero) is 1. The lowest BCUT2D eigenvalue weighted by Gasteiger charge is -2.19. The maximum Gasteiger partial charge on any atom is 0.248 e. The van der Waals surface area contributed by atoms with E-state index in [0.29, 0.717) is 5.70 Å². The van der Waals surface area contributed by atoms with Gasteiger partial charge in [0.1, 0.15) is 11.5 Å². The molecule has 0 saturated carbocycles. The Morgan fingerprint density at radius 2 is 2.21 bits per heavy atom. The number of ketones is 1. The Kier molecular flexibility index (Phi) is 7.71. The highest BCUT2D eigenvalue weighted by Gasteiger charge is 2.21. The van der Waals surface area contributed by atoms with Gasteiger partial charge in [0.2, 0.25) is 5.78 Å². The van der Waals surface area contributed by atoms with Crippen molar-refractivity contribution in [2.75, 3.05) is 19.0 Å². The van der Waals surface area contributed by atoms with Gasteiger partial charge in [-0.3, -0.25) is 10.2 Å². The van der Waals surface area contributed by atoms with Crippen molar-refractivity contribution in [3.63, 3.8) is 0 Å². The largest absolute Gasteiger partial charge is 0.491 e. The molecular weight excluding hydrogens is 359 g/mol. The van der Waals surface area contributed by atoms with Crippen molar-refractivity contribution in [1.29, 1.82) is 5.41 Å². The van der Waals surface area contributed by atoms with Crippen LogP contribution in [-0.2, 0) is 9.53 Å². The summed E-state index contributed by atoms with van der Waals surface area (Å²) in [6.07, 6.45) is 11.3. The lowest BCUT2D eigenvalue weighted by Crippen LogP contribution is -2.34. The van der Waals surface area contributed by atoms with Crippen molar-refractivity contribution in [2.24, 2.45) is 5.73 Å². The zero-order valence-corrected chi connectivity index (χ0v) is 16.0. The number of methoxy groups -OCH3 is 1. The second-order valence-electron chi connectivity index (χ2n) is 6.20. The summed E-state index contributed by atoms with van der Waals surface area (Å²) in [6.45, 7) is 1.95. The van der Waals surface area contributed by atoms with Crippen LogP contribution in [0, 0.1) is 18.2 Å². The number of nitrogens with two attached hydrogens (primary N) is 1. The van der Waals surface area contributed by atoms with Crippen LogP contribution in [0.15, 0.2) is 66.2 Å². The third-order valence-corrected chi connectivity index (χ3v) is 4.07. The van der Waals surface area contributed by atoms with E-state index >= 15 is 0 Å². The van der Waals surface area contributed by atoms with Gasteiger partial charge < -0.3 is 21.1 Å². The first-order valence-corrected chi connectivity index (χ1v) is 8.86. The van der Waals surface area contributed by atoms with Crippen LogP contribution in [0.1, 0.15) is 12.0 Å². The number of rotatable bonds is 9. The molecule has 2 rings (SSSR count). The van der Waals surface area contributed by atoms with E-state index in [1.165, 1.54) is 19.4 Å². The molecule has 0 spiro atoms. The molecule has 1 aromatic carbocycles. The zero-order chi connectivity index (χ0) is 20.5.